The summed E-state index contributed by atoms with van der Waals surface area (Å²) in [7, 11) is 0. The summed E-state index contributed by atoms with van der Waals surface area (Å²) in [5, 5.41) is 12.1. The Hall–Kier alpha value is -2.67. The monoisotopic (exact) mass is 303 g/mol. The summed E-state index contributed by atoms with van der Waals surface area (Å²) in [6.07, 6.45) is 2.23. The molecule has 0 saturated heterocycles. The van der Waals surface area contributed by atoms with Crippen molar-refractivity contribution >= 4 is 5.91 Å². The number of pyridine rings is 1. The van der Waals surface area contributed by atoms with Gasteiger partial charge in [0.2, 0.25) is 0 Å². The van der Waals surface area contributed by atoms with E-state index in [9.17, 15) is 4.79 Å². The lowest BCUT2D eigenvalue weighted by atomic mass is 9.92. The number of carbonyl (C=O) groups is 1. The van der Waals surface area contributed by atoms with Gasteiger partial charge >= 0.3 is 0 Å². The Labute approximate surface area is 135 Å². The van der Waals surface area contributed by atoms with E-state index in [1.165, 1.54) is 11.1 Å². The number of carbonyl (C=O) groups excluding carboxylic acids is 1. The van der Waals surface area contributed by atoms with Crippen LogP contribution in [-0.4, -0.2) is 16.9 Å². The molecule has 0 spiro atoms. The summed E-state index contributed by atoms with van der Waals surface area (Å²) in [5.74, 6) is 0.853. The van der Waals surface area contributed by atoms with Crippen LogP contribution in [-0.2, 0) is 6.42 Å². The predicted octanol–water partition coefficient (Wildman–Crippen LogP) is 2.72. The molecule has 1 N–H and O–H groups in total. The average Bonchev–Trinajstić information content (AvgIpc) is 3.28. The minimum atomic E-state index is -0.144. The lowest BCUT2D eigenvalue weighted by Crippen LogP contribution is -2.28. The highest BCUT2D eigenvalue weighted by molar-refractivity contribution is 5.93. The quantitative estimate of drug-likeness (QED) is 0.927. The van der Waals surface area contributed by atoms with Crippen molar-refractivity contribution in [3.63, 3.8) is 0 Å². The predicted molar refractivity (Wildman–Crippen MR) is 85.9 cm³/mol. The zero-order chi connectivity index (χ0) is 16.0. The highest BCUT2D eigenvalue weighted by Gasteiger charge is 2.53. The second kappa shape index (κ2) is 5.20. The van der Waals surface area contributed by atoms with Gasteiger partial charge in [-0.05, 0) is 48.9 Å². The zero-order valence-electron chi connectivity index (χ0n) is 12.9. The number of hydrogen-bond acceptors (Lipinski definition) is 3. The second-order valence-corrected chi connectivity index (χ2v) is 6.37. The first-order valence-corrected chi connectivity index (χ1v) is 7.95. The van der Waals surface area contributed by atoms with Crippen molar-refractivity contribution in [1.82, 2.24) is 10.3 Å². The number of aromatic nitrogens is 1. The van der Waals surface area contributed by atoms with E-state index in [2.05, 4.69) is 40.6 Å². The van der Waals surface area contributed by atoms with Crippen LogP contribution in [0, 0.1) is 24.2 Å². The van der Waals surface area contributed by atoms with Gasteiger partial charge in [-0.1, -0.05) is 24.3 Å². The number of aryl methyl sites for hydroxylation is 2. The third-order valence-corrected chi connectivity index (χ3v) is 5.07. The van der Waals surface area contributed by atoms with Crippen LogP contribution in [0.1, 0.15) is 45.2 Å². The highest BCUT2D eigenvalue weighted by atomic mass is 16.2. The summed E-state index contributed by atoms with van der Waals surface area (Å²) >= 11 is 0. The van der Waals surface area contributed by atoms with E-state index in [-0.39, 0.29) is 11.9 Å². The molecule has 1 aromatic heterocycles. The lowest BCUT2D eigenvalue weighted by Gasteiger charge is -2.13. The summed E-state index contributed by atoms with van der Waals surface area (Å²) in [5.41, 5.74) is 4.29. The fraction of sp³-hybridized carbons (Fsp3) is 0.316. The number of benzene rings is 1. The third kappa shape index (κ3) is 2.29. The molecular formula is C19H17N3O. The molecule has 0 radical (unpaired) electrons. The van der Waals surface area contributed by atoms with Crippen LogP contribution in [0.15, 0.2) is 36.4 Å². The maximum absolute atomic E-state index is 12.4. The molecule has 2 aliphatic rings. The number of nitrogens with zero attached hydrogens (tertiary/aromatic N) is 2. The van der Waals surface area contributed by atoms with E-state index >= 15 is 0 Å². The first-order valence-electron chi connectivity index (χ1n) is 7.95. The van der Waals surface area contributed by atoms with E-state index in [1.54, 1.807) is 19.1 Å². The van der Waals surface area contributed by atoms with Gasteiger partial charge in [0.05, 0.1) is 11.3 Å². The van der Waals surface area contributed by atoms with Crippen LogP contribution in [0.3, 0.4) is 0 Å². The molecule has 1 fully saturated rings. The largest absolute Gasteiger partial charge is 0.347 e. The van der Waals surface area contributed by atoms with Crippen molar-refractivity contribution in [3.8, 4) is 6.07 Å². The number of fused-ring (bicyclic) bond motifs is 3. The highest BCUT2D eigenvalue weighted by Crippen LogP contribution is 2.54. The Balaban J connectivity index is 1.51. The van der Waals surface area contributed by atoms with Crippen LogP contribution < -0.4 is 5.32 Å². The van der Waals surface area contributed by atoms with Gasteiger partial charge in [0, 0.05) is 12.0 Å². The maximum Gasteiger partial charge on any atom is 0.270 e. The van der Waals surface area contributed by atoms with Crippen molar-refractivity contribution in [2.75, 3.05) is 0 Å². The Morgan fingerprint density at radius 2 is 2.13 bits per heavy atom. The average molecular weight is 303 g/mol. The van der Waals surface area contributed by atoms with Crippen molar-refractivity contribution in [3.05, 3.63) is 64.5 Å². The van der Waals surface area contributed by atoms with Gasteiger partial charge in [-0.25, -0.2) is 4.98 Å². The molecule has 1 amide bonds. The van der Waals surface area contributed by atoms with Gasteiger partial charge in [0.25, 0.3) is 5.91 Å². The van der Waals surface area contributed by atoms with Gasteiger partial charge < -0.3 is 5.32 Å². The number of rotatable bonds is 2. The van der Waals surface area contributed by atoms with E-state index in [0.717, 1.165) is 12.8 Å². The van der Waals surface area contributed by atoms with Crippen LogP contribution in [0.25, 0.3) is 0 Å². The second-order valence-electron chi connectivity index (χ2n) is 6.37. The fourth-order valence-corrected chi connectivity index (χ4v) is 3.79. The molecule has 4 nitrogen and oxygen atoms in total. The van der Waals surface area contributed by atoms with E-state index in [1.807, 2.05) is 0 Å². The number of nitriles is 1. The van der Waals surface area contributed by atoms with E-state index in [0.29, 0.717) is 28.8 Å². The minimum absolute atomic E-state index is 0.144. The normalized spacial score (nSPS) is 24.1. The summed E-state index contributed by atoms with van der Waals surface area (Å²) in [4.78, 5) is 16.7. The van der Waals surface area contributed by atoms with Gasteiger partial charge in [-0.2, -0.15) is 5.26 Å². The fourth-order valence-electron chi connectivity index (χ4n) is 3.79. The first-order chi connectivity index (χ1) is 11.2. The van der Waals surface area contributed by atoms with Gasteiger partial charge in [0.15, 0.2) is 0 Å². The molecule has 0 aliphatic heterocycles. The molecule has 0 unspecified atom stereocenters. The molecule has 1 saturated carbocycles. The Morgan fingerprint density at radius 1 is 1.30 bits per heavy atom. The molecule has 3 atom stereocenters. The Bertz CT molecular complexity index is 837. The molecule has 114 valence electrons. The van der Waals surface area contributed by atoms with Crippen LogP contribution in [0.2, 0.25) is 0 Å². The zero-order valence-corrected chi connectivity index (χ0v) is 12.9. The van der Waals surface area contributed by atoms with E-state index < -0.39 is 0 Å². The first kappa shape index (κ1) is 14.0. The molecular weight excluding hydrogens is 286 g/mol. The van der Waals surface area contributed by atoms with Gasteiger partial charge in [-0.3, -0.25) is 4.79 Å². The summed E-state index contributed by atoms with van der Waals surface area (Å²) in [6, 6.07) is 14.1. The maximum atomic E-state index is 12.4. The van der Waals surface area contributed by atoms with Crippen LogP contribution >= 0.6 is 0 Å². The standard InChI is InChI=1S/C19H17N3O/c1-11-13(10-20)7-9-16(21-11)19(23)22-18-15-8-6-12-4-2-3-5-14(12)17(15)18/h2-5,7,9,15,17-18H,6,8H2,1H3,(H,22,23)/t15-,17-,18+/m0/s1. The molecule has 23 heavy (non-hydrogen) atoms. The summed E-state index contributed by atoms with van der Waals surface area (Å²) in [6.45, 7) is 1.75. The third-order valence-electron chi connectivity index (χ3n) is 5.07. The van der Waals surface area contributed by atoms with Gasteiger partial charge in [0.1, 0.15) is 11.8 Å². The molecule has 1 aromatic carbocycles. The molecule has 4 rings (SSSR count). The van der Waals surface area contributed by atoms with Gasteiger partial charge in [-0.15, -0.1) is 0 Å². The SMILES string of the molecule is Cc1nc(C(=O)N[C@@H]2[C@H]3CCc4ccccc4[C@@H]32)ccc1C#N. The topological polar surface area (TPSA) is 65.8 Å². The Morgan fingerprint density at radius 3 is 2.91 bits per heavy atom. The lowest BCUT2D eigenvalue weighted by molar-refractivity contribution is 0.0943. The summed E-state index contributed by atoms with van der Waals surface area (Å²) < 4.78 is 0. The van der Waals surface area contributed by atoms with Crippen LogP contribution in [0.4, 0.5) is 0 Å². The van der Waals surface area contributed by atoms with Crippen molar-refractivity contribution < 1.29 is 4.79 Å². The Kier molecular flexibility index (Phi) is 3.16. The number of nitrogens with one attached hydrogen (secondary N) is 1. The molecule has 0 bridgehead atoms. The van der Waals surface area contributed by atoms with Crippen LogP contribution in [0.5, 0.6) is 0 Å². The number of amides is 1. The number of hydrogen-bond donors (Lipinski definition) is 1. The van der Waals surface area contributed by atoms with Crippen molar-refractivity contribution in [1.29, 1.82) is 5.26 Å². The van der Waals surface area contributed by atoms with E-state index in [4.69, 9.17) is 5.26 Å². The molecule has 1 heterocycles. The molecule has 4 heteroatoms. The molecule has 2 aromatic rings. The molecule has 2 aliphatic carbocycles. The smallest absolute Gasteiger partial charge is 0.270 e. The van der Waals surface area contributed by atoms with Crippen molar-refractivity contribution in [2.45, 2.75) is 31.7 Å². The minimum Gasteiger partial charge on any atom is -0.347 e. The van der Waals surface area contributed by atoms with Crippen molar-refractivity contribution in [2.24, 2.45) is 5.92 Å².